The van der Waals surface area contributed by atoms with Gasteiger partial charge in [-0.25, -0.2) is 0 Å². The topological polar surface area (TPSA) is 142 Å². The zero-order valence-corrected chi connectivity index (χ0v) is 14.9. The number of hydrogen-bond acceptors (Lipinski definition) is 6. The van der Waals surface area contributed by atoms with Crippen LogP contribution in [0.4, 0.5) is 0 Å². The Labute approximate surface area is 159 Å². The van der Waals surface area contributed by atoms with E-state index >= 15 is 0 Å². The van der Waals surface area contributed by atoms with Crippen molar-refractivity contribution in [2.24, 2.45) is 0 Å². The van der Waals surface area contributed by atoms with Crippen molar-refractivity contribution in [3.8, 4) is 5.75 Å². The lowest BCUT2D eigenvalue weighted by molar-refractivity contribution is -0.138. The number of benzene rings is 1. The van der Waals surface area contributed by atoms with E-state index in [9.17, 15) is 24.0 Å². The molecule has 1 saturated heterocycles. The Kier molecular flexibility index (Phi) is 5.57. The molecule has 1 aromatic carbocycles. The molecule has 0 spiro atoms. The molecule has 3 rings (SSSR count). The summed E-state index contributed by atoms with van der Waals surface area (Å²) in [5.74, 6) is -2.20. The number of carbonyl (C=O) groups is 5. The fourth-order valence-electron chi connectivity index (χ4n) is 3.15. The summed E-state index contributed by atoms with van der Waals surface area (Å²) in [4.78, 5) is 59.4. The maximum Gasteiger partial charge on any atom is 0.305 e. The fourth-order valence-corrected chi connectivity index (χ4v) is 3.15. The molecule has 3 N–H and O–H groups in total. The van der Waals surface area contributed by atoms with Gasteiger partial charge in [0, 0.05) is 25.1 Å². The smallest absolute Gasteiger partial charge is 0.305 e. The molecule has 0 aliphatic carbocycles. The van der Waals surface area contributed by atoms with Crippen molar-refractivity contribution >= 4 is 29.6 Å². The lowest BCUT2D eigenvalue weighted by atomic mass is 10.0. The molecule has 2 aliphatic rings. The first-order chi connectivity index (χ1) is 13.3. The normalized spacial score (nSPS) is 18.5. The van der Waals surface area contributed by atoms with E-state index < -0.39 is 23.8 Å². The van der Waals surface area contributed by atoms with E-state index in [4.69, 9.17) is 9.84 Å². The standard InChI is InChI=1S/C18H19N3O7/c22-14-4-3-13(17(26)20-14)21-8-10-7-11(1-2-12(10)18(21)27)28-9-15(23)19-6-5-16(24)25/h1-2,7,13H,3-6,8-9H2,(H,19,23)(H,24,25)(H,20,22,26). The van der Waals surface area contributed by atoms with Crippen molar-refractivity contribution in [3.63, 3.8) is 0 Å². The molecule has 1 aromatic rings. The van der Waals surface area contributed by atoms with Crippen LogP contribution in [0, 0.1) is 0 Å². The molecule has 10 nitrogen and oxygen atoms in total. The van der Waals surface area contributed by atoms with Crippen LogP contribution >= 0.6 is 0 Å². The third kappa shape index (κ3) is 4.27. The van der Waals surface area contributed by atoms with Gasteiger partial charge in [-0.3, -0.25) is 29.3 Å². The van der Waals surface area contributed by atoms with Gasteiger partial charge in [-0.05, 0) is 30.2 Å². The van der Waals surface area contributed by atoms with E-state index in [0.717, 1.165) is 0 Å². The molecular formula is C18H19N3O7. The first kappa shape index (κ1) is 19.3. The fraction of sp³-hybridized carbons (Fsp3) is 0.389. The molecule has 10 heteroatoms. The minimum Gasteiger partial charge on any atom is -0.484 e. The molecule has 0 aromatic heterocycles. The molecule has 0 saturated carbocycles. The molecule has 2 aliphatic heterocycles. The van der Waals surface area contributed by atoms with E-state index in [1.54, 1.807) is 18.2 Å². The number of amides is 4. The highest BCUT2D eigenvalue weighted by molar-refractivity contribution is 6.05. The molecule has 2 heterocycles. The van der Waals surface area contributed by atoms with Crippen LogP contribution in [0.25, 0.3) is 0 Å². The first-order valence-corrected chi connectivity index (χ1v) is 8.74. The van der Waals surface area contributed by atoms with Crippen molar-refractivity contribution in [2.45, 2.75) is 31.8 Å². The number of carboxylic acid groups (broad SMARTS) is 1. The summed E-state index contributed by atoms with van der Waals surface area (Å²) in [6.45, 7) is -0.0667. The van der Waals surface area contributed by atoms with Crippen molar-refractivity contribution in [1.29, 1.82) is 0 Å². The van der Waals surface area contributed by atoms with Crippen LogP contribution < -0.4 is 15.4 Å². The maximum atomic E-state index is 12.6. The predicted octanol–water partition coefficient (Wildman–Crippen LogP) is -0.583. The van der Waals surface area contributed by atoms with Gasteiger partial charge in [0.1, 0.15) is 11.8 Å². The van der Waals surface area contributed by atoms with Crippen LogP contribution in [0.5, 0.6) is 5.75 Å². The lowest BCUT2D eigenvalue weighted by Gasteiger charge is -2.29. The van der Waals surface area contributed by atoms with E-state index in [2.05, 4.69) is 10.6 Å². The molecule has 0 bridgehead atoms. The number of ether oxygens (including phenoxy) is 1. The first-order valence-electron chi connectivity index (χ1n) is 8.74. The van der Waals surface area contributed by atoms with E-state index in [0.29, 0.717) is 16.9 Å². The second kappa shape index (κ2) is 8.07. The van der Waals surface area contributed by atoms with Gasteiger partial charge >= 0.3 is 5.97 Å². The van der Waals surface area contributed by atoms with E-state index in [1.807, 2.05) is 0 Å². The zero-order chi connectivity index (χ0) is 20.3. The number of rotatable bonds is 7. The predicted molar refractivity (Wildman–Crippen MR) is 93.2 cm³/mol. The number of imide groups is 1. The zero-order valence-electron chi connectivity index (χ0n) is 14.9. The summed E-state index contributed by atoms with van der Waals surface area (Å²) >= 11 is 0. The number of aliphatic carboxylic acids is 1. The number of hydrogen-bond donors (Lipinski definition) is 3. The van der Waals surface area contributed by atoms with Crippen LogP contribution in [-0.2, 0) is 25.7 Å². The maximum absolute atomic E-state index is 12.6. The Hall–Kier alpha value is -3.43. The average molecular weight is 389 g/mol. The van der Waals surface area contributed by atoms with Crippen molar-refractivity contribution in [1.82, 2.24) is 15.5 Å². The number of carbonyl (C=O) groups excluding carboxylic acids is 4. The van der Waals surface area contributed by atoms with Crippen LogP contribution in [0.1, 0.15) is 35.2 Å². The summed E-state index contributed by atoms with van der Waals surface area (Å²) in [7, 11) is 0. The number of piperidine rings is 1. The molecule has 1 atom stereocenters. The Morgan fingerprint density at radius 2 is 2.07 bits per heavy atom. The van der Waals surface area contributed by atoms with Crippen molar-refractivity contribution in [3.05, 3.63) is 29.3 Å². The van der Waals surface area contributed by atoms with Crippen LogP contribution in [-0.4, -0.2) is 58.8 Å². The number of carboxylic acids is 1. The highest BCUT2D eigenvalue weighted by Gasteiger charge is 2.39. The minimum atomic E-state index is -1.01. The molecular weight excluding hydrogens is 370 g/mol. The van der Waals surface area contributed by atoms with Gasteiger partial charge < -0.3 is 20.1 Å². The van der Waals surface area contributed by atoms with Crippen molar-refractivity contribution < 1.29 is 33.8 Å². The number of fused-ring (bicyclic) bond motifs is 1. The van der Waals surface area contributed by atoms with Crippen LogP contribution in [0.3, 0.4) is 0 Å². The van der Waals surface area contributed by atoms with Gasteiger partial charge in [-0.2, -0.15) is 0 Å². The molecule has 0 radical (unpaired) electrons. The van der Waals surface area contributed by atoms with Gasteiger partial charge in [0.2, 0.25) is 11.8 Å². The Bertz CT molecular complexity index is 852. The summed E-state index contributed by atoms with van der Waals surface area (Å²) < 4.78 is 5.39. The molecule has 1 fully saturated rings. The summed E-state index contributed by atoms with van der Waals surface area (Å²) in [6.07, 6.45) is 0.287. The lowest BCUT2D eigenvalue weighted by Crippen LogP contribution is -2.52. The highest BCUT2D eigenvalue weighted by atomic mass is 16.5. The van der Waals surface area contributed by atoms with Gasteiger partial charge in [-0.15, -0.1) is 0 Å². The van der Waals surface area contributed by atoms with Crippen LogP contribution in [0.15, 0.2) is 18.2 Å². The third-order valence-corrected chi connectivity index (χ3v) is 4.53. The minimum absolute atomic E-state index is 0.0110. The largest absolute Gasteiger partial charge is 0.484 e. The van der Waals surface area contributed by atoms with Crippen LogP contribution in [0.2, 0.25) is 0 Å². The quantitative estimate of drug-likeness (QED) is 0.530. The highest BCUT2D eigenvalue weighted by Crippen LogP contribution is 2.30. The Balaban J connectivity index is 1.59. The Morgan fingerprint density at radius 1 is 1.29 bits per heavy atom. The van der Waals surface area contributed by atoms with Gasteiger partial charge in [0.05, 0.1) is 6.42 Å². The van der Waals surface area contributed by atoms with Crippen molar-refractivity contribution in [2.75, 3.05) is 13.2 Å². The second-order valence-electron chi connectivity index (χ2n) is 6.50. The number of nitrogens with zero attached hydrogens (tertiary/aromatic N) is 1. The second-order valence-corrected chi connectivity index (χ2v) is 6.50. The van der Waals surface area contributed by atoms with E-state index in [1.165, 1.54) is 4.90 Å². The molecule has 1 unspecified atom stereocenters. The number of nitrogens with one attached hydrogen (secondary N) is 2. The Morgan fingerprint density at radius 3 is 2.79 bits per heavy atom. The van der Waals surface area contributed by atoms with Gasteiger partial charge in [-0.1, -0.05) is 0 Å². The van der Waals surface area contributed by atoms with Gasteiger partial charge in [0.15, 0.2) is 6.61 Å². The summed E-state index contributed by atoms with van der Waals surface area (Å²) in [5, 5.41) is 13.2. The molecule has 4 amide bonds. The molecule has 148 valence electrons. The molecule has 28 heavy (non-hydrogen) atoms. The monoisotopic (exact) mass is 389 g/mol. The third-order valence-electron chi connectivity index (χ3n) is 4.53. The van der Waals surface area contributed by atoms with E-state index in [-0.39, 0.29) is 50.8 Å². The van der Waals surface area contributed by atoms with Gasteiger partial charge in [0.25, 0.3) is 11.8 Å². The summed E-state index contributed by atoms with van der Waals surface area (Å²) in [5.41, 5.74) is 1.11. The summed E-state index contributed by atoms with van der Waals surface area (Å²) in [6, 6.07) is 4.06. The SMILES string of the molecule is O=C(O)CCNC(=O)COc1ccc2c(c1)CN(C1CCC(=O)NC1=O)C2=O. The average Bonchev–Trinajstić information content (AvgIpc) is 2.96.